The number of nitrogens with zero attached hydrogens (tertiary/aromatic N) is 2. The number of nitrogens with one attached hydrogen (secondary N) is 1. The fourth-order valence-electron chi connectivity index (χ4n) is 4.05. The van der Waals surface area contributed by atoms with Crippen LogP contribution in [0.2, 0.25) is 0 Å². The molecular formula is C23H25BrF3N3O5. The molecule has 3 heterocycles. The maximum atomic E-state index is 12.8. The van der Waals surface area contributed by atoms with E-state index in [0.717, 1.165) is 25.9 Å². The number of carbonyl (C=O) groups is 3. The molecule has 0 aliphatic carbocycles. The minimum absolute atomic E-state index is 0.0627. The van der Waals surface area contributed by atoms with E-state index in [1.807, 2.05) is 4.90 Å². The first-order chi connectivity index (χ1) is 16.5. The van der Waals surface area contributed by atoms with Crippen LogP contribution in [0.1, 0.15) is 46.6 Å². The zero-order valence-electron chi connectivity index (χ0n) is 18.7. The lowest BCUT2D eigenvalue weighted by Gasteiger charge is -2.36. The van der Waals surface area contributed by atoms with Crippen molar-refractivity contribution in [2.45, 2.75) is 37.9 Å². The van der Waals surface area contributed by atoms with E-state index < -0.39 is 12.1 Å². The molecule has 2 aliphatic rings. The number of carboxylic acids is 1. The molecule has 1 aromatic heterocycles. The zero-order chi connectivity index (χ0) is 25.6. The number of piperidine rings is 1. The number of carboxylic acid groups (broad SMARTS) is 1. The fraction of sp³-hybridized carbons (Fsp3) is 0.435. The first-order valence-corrected chi connectivity index (χ1v) is 11.8. The molecule has 0 atom stereocenters. The van der Waals surface area contributed by atoms with Crippen molar-refractivity contribution in [1.29, 1.82) is 0 Å². The highest BCUT2D eigenvalue weighted by Gasteiger charge is 2.38. The highest BCUT2D eigenvalue weighted by molar-refractivity contribution is 9.10. The number of amides is 2. The van der Waals surface area contributed by atoms with Gasteiger partial charge >= 0.3 is 12.1 Å². The molecular weight excluding hydrogens is 535 g/mol. The second kappa shape index (κ2) is 11.7. The Morgan fingerprint density at radius 1 is 0.971 bits per heavy atom. The summed E-state index contributed by atoms with van der Waals surface area (Å²) in [6.45, 7) is 4.04. The van der Waals surface area contributed by atoms with Gasteiger partial charge in [0.15, 0.2) is 10.4 Å². The van der Waals surface area contributed by atoms with Crippen LogP contribution in [0.4, 0.5) is 18.9 Å². The molecule has 2 saturated heterocycles. The summed E-state index contributed by atoms with van der Waals surface area (Å²) in [6, 6.07) is 10.9. The van der Waals surface area contributed by atoms with Gasteiger partial charge in [-0.1, -0.05) is 0 Å². The summed E-state index contributed by atoms with van der Waals surface area (Å²) in [7, 11) is 0. The average molecular weight is 560 g/mol. The van der Waals surface area contributed by atoms with Crippen molar-refractivity contribution in [3.63, 3.8) is 0 Å². The Labute approximate surface area is 208 Å². The first kappa shape index (κ1) is 26.7. The van der Waals surface area contributed by atoms with Crippen LogP contribution in [-0.2, 0) is 4.79 Å². The van der Waals surface area contributed by atoms with Crippen molar-refractivity contribution in [2.24, 2.45) is 0 Å². The average Bonchev–Trinajstić information content (AvgIpc) is 3.51. The van der Waals surface area contributed by atoms with Crippen molar-refractivity contribution in [1.82, 2.24) is 9.80 Å². The lowest BCUT2D eigenvalue weighted by Crippen LogP contribution is -2.45. The molecule has 0 bridgehead atoms. The SMILES string of the molecule is O=C(Nc1ccc(C(=O)N2CCC(N3CCCC3)CC2)cc1)c1ccc(Br)o1.O=C(O)C(F)(F)F. The van der Waals surface area contributed by atoms with Gasteiger partial charge in [-0.25, -0.2) is 4.79 Å². The quantitative estimate of drug-likeness (QED) is 0.566. The summed E-state index contributed by atoms with van der Waals surface area (Å²) in [5, 5.41) is 9.90. The normalized spacial score (nSPS) is 17.0. The van der Waals surface area contributed by atoms with Crippen LogP contribution in [0, 0.1) is 0 Å². The van der Waals surface area contributed by atoms with Crippen LogP contribution in [0.3, 0.4) is 0 Å². The van der Waals surface area contributed by atoms with E-state index in [-0.39, 0.29) is 17.6 Å². The second-order valence-electron chi connectivity index (χ2n) is 8.20. The minimum atomic E-state index is -5.08. The van der Waals surface area contributed by atoms with E-state index in [1.54, 1.807) is 36.4 Å². The Bertz CT molecular complexity index is 1030. The van der Waals surface area contributed by atoms with Gasteiger partial charge < -0.3 is 24.6 Å². The number of hydrogen-bond acceptors (Lipinski definition) is 5. The molecule has 2 amide bonds. The van der Waals surface area contributed by atoms with Crippen LogP contribution in [0.25, 0.3) is 0 Å². The molecule has 0 spiro atoms. The minimum Gasteiger partial charge on any atom is -0.475 e. The predicted octanol–water partition coefficient (Wildman–Crippen LogP) is 4.63. The Morgan fingerprint density at radius 3 is 2.03 bits per heavy atom. The number of alkyl halides is 3. The Morgan fingerprint density at radius 2 is 1.54 bits per heavy atom. The molecule has 2 fully saturated rings. The summed E-state index contributed by atoms with van der Waals surface area (Å²) in [4.78, 5) is 38.3. The predicted molar refractivity (Wildman–Crippen MR) is 124 cm³/mol. The third kappa shape index (κ3) is 7.56. The Kier molecular flexibility index (Phi) is 8.95. The smallest absolute Gasteiger partial charge is 0.475 e. The number of furan rings is 1. The van der Waals surface area contributed by atoms with Gasteiger partial charge in [-0.05, 0) is 91.1 Å². The first-order valence-electron chi connectivity index (χ1n) is 11.0. The van der Waals surface area contributed by atoms with Crippen molar-refractivity contribution in [2.75, 3.05) is 31.5 Å². The standard InChI is InChI=1S/C21H24BrN3O3.C2HF3O2/c22-19-8-7-18(28-19)20(26)23-16-5-3-15(4-6-16)21(27)25-13-9-17(10-14-25)24-11-1-2-12-24;3-2(4,5)1(6)7/h3-8,17H,1-2,9-14H2,(H,23,26);(H,6,7). The van der Waals surface area contributed by atoms with Gasteiger partial charge in [0.2, 0.25) is 0 Å². The van der Waals surface area contributed by atoms with Crippen LogP contribution in [0.15, 0.2) is 45.5 Å². The molecule has 0 unspecified atom stereocenters. The molecule has 8 nitrogen and oxygen atoms in total. The molecule has 2 aliphatic heterocycles. The number of anilines is 1. The van der Waals surface area contributed by atoms with Crippen molar-refractivity contribution in [3.8, 4) is 0 Å². The second-order valence-corrected chi connectivity index (χ2v) is 8.99. The summed E-state index contributed by atoms with van der Waals surface area (Å²) in [5.41, 5.74) is 1.28. The molecule has 12 heteroatoms. The highest BCUT2D eigenvalue weighted by atomic mass is 79.9. The summed E-state index contributed by atoms with van der Waals surface area (Å²) in [6.07, 6.45) is -0.365. The number of aliphatic carboxylic acids is 1. The van der Waals surface area contributed by atoms with Crippen molar-refractivity contribution < 1.29 is 37.1 Å². The summed E-state index contributed by atoms with van der Waals surface area (Å²) >= 11 is 3.18. The fourth-order valence-corrected chi connectivity index (χ4v) is 4.36. The van der Waals surface area contributed by atoms with Crippen molar-refractivity contribution in [3.05, 3.63) is 52.4 Å². The number of carbonyl (C=O) groups excluding carboxylic acids is 2. The Hall–Kier alpha value is -2.86. The molecule has 0 radical (unpaired) electrons. The number of rotatable bonds is 4. The Balaban J connectivity index is 0.000000429. The summed E-state index contributed by atoms with van der Waals surface area (Å²) < 4.78 is 37.5. The lowest BCUT2D eigenvalue weighted by atomic mass is 10.0. The van der Waals surface area contributed by atoms with E-state index >= 15 is 0 Å². The van der Waals surface area contributed by atoms with Crippen LogP contribution < -0.4 is 5.32 Å². The number of benzene rings is 1. The molecule has 35 heavy (non-hydrogen) atoms. The monoisotopic (exact) mass is 559 g/mol. The van der Waals surface area contributed by atoms with Gasteiger partial charge in [-0.2, -0.15) is 13.2 Å². The van der Waals surface area contributed by atoms with E-state index in [0.29, 0.717) is 22.0 Å². The molecule has 190 valence electrons. The topological polar surface area (TPSA) is 103 Å². The number of halogens is 4. The van der Waals surface area contributed by atoms with E-state index in [1.165, 1.54) is 25.9 Å². The van der Waals surface area contributed by atoms with Gasteiger partial charge in [0.05, 0.1) is 0 Å². The molecule has 1 aromatic carbocycles. The zero-order valence-corrected chi connectivity index (χ0v) is 20.3. The van der Waals surface area contributed by atoms with Crippen molar-refractivity contribution >= 4 is 39.4 Å². The third-order valence-corrected chi connectivity index (χ3v) is 6.26. The van der Waals surface area contributed by atoms with Gasteiger partial charge in [0.25, 0.3) is 11.8 Å². The van der Waals surface area contributed by atoms with Crippen LogP contribution in [-0.4, -0.2) is 71.1 Å². The molecule has 2 N–H and O–H groups in total. The molecule has 2 aromatic rings. The van der Waals surface area contributed by atoms with E-state index in [9.17, 15) is 22.8 Å². The van der Waals surface area contributed by atoms with E-state index in [4.69, 9.17) is 14.3 Å². The largest absolute Gasteiger partial charge is 0.490 e. The van der Waals surface area contributed by atoms with Crippen LogP contribution >= 0.6 is 15.9 Å². The maximum absolute atomic E-state index is 12.8. The van der Waals surface area contributed by atoms with E-state index in [2.05, 4.69) is 26.1 Å². The molecule has 4 rings (SSSR count). The molecule has 0 saturated carbocycles. The highest BCUT2D eigenvalue weighted by Crippen LogP contribution is 2.23. The lowest BCUT2D eigenvalue weighted by molar-refractivity contribution is -0.192. The number of likely N-dealkylation sites (tertiary alicyclic amines) is 2. The third-order valence-electron chi connectivity index (χ3n) is 5.84. The number of hydrogen-bond donors (Lipinski definition) is 2. The van der Waals surface area contributed by atoms with Gasteiger partial charge in [-0.15, -0.1) is 0 Å². The van der Waals surface area contributed by atoms with Gasteiger partial charge in [0, 0.05) is 30.4 Å². The van der Waals surface area contributed by atoms with Gasteiger partial charge in [0.1, 0.15) is 0 Å². The maximum Gasteiger partial charge on any atom is 0.490 e. The van der Waals surface area contributed by atoms with Crippen LogP contribution in [0.5, 0.6) is 0 Å². The van der Waals surface area contributed by atoms with Gasteiger partial charge in [-0.3, -0.25) is 9.59 Å². The summed E-state index contributed by atoms with van der Waals surface area (Å²) in [5.74, 6) is -2.79.